The third-order valence-electron chi connectivity index (χ3n) is 3.47. The fraction of sp³-hybridized carbons (Fsp3) is 0.692. The second-order valence-electron chi connectivity index (χ2n) is 5.04. The van der Waals surface area contributed by atoms with E-state index in [2.05, 4.69) is 41.4 Å². The summed E-state index contributed by atoms with van der Waals surface area (Å²) < 4.78 is 0. The maximum Gasteiger partial charge on any atom is 0.135 e. The normalized spacial score (nSPS) is 22.6. The van der Waals surface area contributed by atoms with Crippen molar-refractivity contribution in [2.75, 3.05) is 17.7 Å². The highest BCUT2D eigenvalue weighted by Crippen LogP contribution is 2.38. The van der Waals surface area contributed by atoms with Gasteiger partial charge in [-0.05, 0) is 18.3 Å². The van der Waals surface area contributed by atoms with E-state index in [1.807, 2.05) is 7.05 Å². The standard InChI is InChI=1S/C13H22N4/c1-5-9-6-10(9)17-13-11(8(2)3)12(14-4)15-7-16-13/h7-10H,5-6H2,1-4H3,(H2,14,15,16,17). The topological polar surface area (TPSA) is 49.8 Å². The molecule has 1 aromatic rings. The fourth-order valence-corrected chi connectivity index (χ4v) is 2.31. The summed E-state index contributed by atoms with van der Waals surface area (Å²) in [7, 11) is 1.91. The molecule has 2 N–H and O–H groups in total. The minimum Gasteiger partial charge on any atom is -0.373 e. The summed E-state index contributed by atoms with van der Waals surface area (Å²) in [6.07, 6.45) is 4.15. The predicted octanol–water partition coefficient (Wildman–Crippen LogP) is 2.85. The number of nitrogens with zero attached hydrogens (tertiary/aromatic N) is 2. The molecule has 2 unspecified atom stereocenters. The van der Waals surface area contributed by atoms with Gasteiger partial charge >= 0.3 is 0 Å². The zero-order valence-corrected chi connectivity index (χ0v) is 11.1. The molecule has 0 amide bonds. The Bertz CT molecular complexity index is 389. The van der Waals surface area contributed by atoms with Crippen molar-refractivity contribution in [3.63, 3.8) is 0 Å². The molecule has 4 nitrogen and oxygen atoms in total. The van der Waals surface area contributed by atoms with E-state index in [1.54, 1.807) is 6.33 Å². The van der Waals surface area contributed by atoms with Crippen LogP contribution >= 0.6 is 0 Å². The first-order valence-electron chi connectivity index (χ1n) is 6.46. The van der Waals surface area contributed by atoms with Gasteiger partial charge in [0.05, 0.1) is 0 Å². The number of anilines is 2. The summed E-state index contributed by atoms with van der Waals surface area (Å²) in [4.78, 5) is 8.68. The third-order valence-corrected chi connectivity index (χ3v) is 3.47. The van der Waals surface area contributed by atoms with E-state index in [9.17, 15) is 0 Å². The SMILES string of the molecule is CCC1CC1Nc1ncnc(NC)c1C(C)C. The molecule has 0 saturated heterocycles. The van der Waals surface area contributed by atoms with Crippen molar-refractivity contribution in [1.29, 1.82) is 0 Å². The van der Waals surface area contributed by atoms with E-state index in [4.69, 9.17) is 0 Å². The van der Waals surface area contributed by atoms with Gasteiger partial charge in [0.15, 0.2) is 0 Å². The van der Waals surface area contributed by atoms with Crippen LogP contribution in [0.25, 0.3) is 0 Å². The molecule has 1 aliphatic carbocycles. The van der Waals surface area contributed by atoms with E-state index >= 15 is 0 Å². The Hall–Kier alpha value is -1.32. The van der Waals surface area contributed by atoms with Gasteiger partial charge in [0.2, 0.25) is 0 Å². The quantitative estimate of drug-likeness (QED) is 0.822. The van der Waals surface area contributed by atoms with Crippen LogP contribution in [-0.2, 0) is 0 Å². The van der Waals surface area contributed by atoms with Crippen LogP contribution in [-0.4, -0.2) is 23.1 Å². The van der Waals surface area contributed by atoms with Crippen LogP contribution in [0.3, 0.4) is 0 Å². The molecule has 2 rings (SSSR count). The average Bonchev–Trinajstić information content (AvgIpc) is 3.06. The van der Waals surface area contributed by atoms with Crippen molar-refractivity contribution >= 4 is 11.6 Å². The van der Waals surface area contributed by atoms with E-state index in [0.717, 1.165) is 17.6 Å². The van der Waals surface area contributed by atoms with Gasteiger partial charge in [-0.1, -0.05) is 27.2 Å². The Morgan fingerprint density at radius 3 is 2.59 bits per heavy atom. The second-order valence-corrected chi connectivity index (χ2v) is 5.04. The lowest BCUT2D eigenvalue weighted by molar-refractivity contribution is 0.769. The predicted molar refractivity (Wildman–Crippen MR) is 71.5 cm³/mol. The number of aromatic nitrogens is 2. The van der Waals surface area contributed by atoms with E-state index in [0.29, 0.717) is 12.0 Å². The van der Waals surface area contributed by atoms with Gasteiger partial charge in [-0.25, -0.2) is 9.97 Å². The third kappa shape index (κ3) is 2.51. The fourth-order valence-electron chi connectivity index (χ4n) is 2.31. The molecule has 0 spiro atoms. The molecule has 0 radical (unpaired) electrons. The van der Waals surface area contributed by atoms with Crippen molar-refractivity contribution in [2.45, 2.75) is 45.6 Å². The monoisotopic (exact) mass is 234 g/mol. The zero-order valence-electron chi connectivity index (χ0n) is 11.1. The van der Waals surface area contributed by atoms with E-state index in [-0.39, 0.29) is 0 Å². The highest BCUT2D eigenvalue weighted by atomic mass is 15.1. The molecule has 0 aromatic carbocycles. The highest BCUT2D eigenvalue weighted by molar-refractivity contribution is 5.59. The van der Waals surface area contributed by atoms with Gasteiger partial charge in [-0.15, -0.1) is 0 Å². The van der Waals surface area contributed by atoms with Crippen molar-refractivity contribution < 1.29 is 0 Å². The van der Waals surface area contributed by atoms with Crippen LogP contribution in [0.1, 0.15) is 45.1 Å². The van der Waals surface area contributed by atoms with Gasteiger partial charge in [0.1, 0.15) is 18.0 Å². The van der Waals surface area contributed by atoms with E-state index < -0.39 is 0 Å². The van der Waals surface area contributed by atoms with Crippen LogP contribution in [0.5, 0.6) is 0 Å². The van der Waals surface area contributed by atoms with E-state index in [1.165, 1.54) is 18.4 Å². The molecule has 4 heteroatoms. The lowest BCUT2D eigenvalue weighted by Crippen LogP contribution is -2.12. The van der Waals surface area contributed by atoms with Crippen LogP contribution in [0, 0.1) is 5.92 Å². The van der Waals surface area contributed by atoms with Gasteiger partial charge < -0.3 is 10.6 Å². The van der Waals surface area contributed by atoms with Crippen molar-refractivity contribution in [1.82, 2.24) is 9.97 Å². The second kappa shape index (κ2) is 4.90. The molecule has 17 heavy (non-hydrogen) atoms. The van der Waals surface area contributed by atoms with Crippen LogP contribution in [0.2, 0.25) is 0 Å². The average molecular weight is 234 g/mol. The summed E-state index contributed by atoms with van der Waals surface area (Å²) in [5.74, 6) is 3.18. The number of nitrogens with one attached hydrogen (secondary N) is 2. The molecule has 94 valence electrons. The summed E-state index contributed by atoms with van der Waals surface area (Å²) >= 11 is 0. The lowest BCUT2D eigenvalue weighted by atomic mass is 10.0. The lowest BCUT2D eigenvalue weighted by Gasteiger charge is -2.16. The Morgan fingerprint density at radius 1 is 1.35 bits per heavy atom. The minimum absolute atomic E-state index is 0.417. The first-order chi connectivity index (χ1) is 8.17. The first kappa shape index (κ1) is 12.1. The summed E-state index contributed by atoms with van der Waals surface area (Å²) in [6.45, 7) is 6.60. The highest BCUT2D eigenvalue weighted by Gasteiger charge is 2.36. The van der Waals surface area contributed by atoms with Gasteiger partial charge in [0.25, 0.3) is 0 Å². The van der Waals surface area contributed by atoms with Gasteiger partial charge in [-0.2, -0.15) is 0 Å². The van der Waals surface area contributed by atoms with Crippen molar-refractivity contribution in [3.05, 3.63) is 11.9 Å². The molecule has 0 aliphatic heterocycles. The summed E-state index contributed by atoms with van der Waals surface area (Å²) in [5, 5.41) is 6.70. The van der Waals surface area contributed by atoms with Crippen LogP contribution < -0.4 is 10.6 Å². The zero-order chi connectivity index (χ0) is 12.4. The molecular formula is C13H22N4. The summed E-state index contributed by atoms with van der Waals surface area (Å²) in [5.41, 5.74) is 1.19. The summed E-state index contributed by atoms with van der Waals surface area (Å²) in [6, 6.07) is 0.608. The van der Waals surface area contributed by atoms with Crippen LogP contribution in [0.15, 0.2) is 6.33 Å². The van der Waals surface area contributed by atoms with Gasteiger partial charge in [0, 0.05) is 18.7 Å². The smallest absolute Gasteiger partial charge is 0.135 e. The number of hydrogen-bond donors (Lipinski definition) is 2. The Kier molecular flexibility index (Phi) is 3.50. The Balaban J connectivity index is 2.21. The molecule has 1 fully saturated rings. The molecule has 1 aromatic heterocycles. The molecule has 1 aliphatic rings. The maximum atomic E-state index is 4.40. The first-order valence-corrected chi connectivity index (χ1v) is 6.46. The largest absolute Gasteiger partial charge is 0.373 e. The van der Waals surface area contributed by atoms with Crippen molar-refractivity contribution in [3.8, 4) is 0 Å². The number of rotatable bonds is 5. The molecule has 0 bridgehead atoms. The minimum atomic E-state index is 0.417. The Labute approximate surface area is 103 Å². The molecule has 1 heterocycles. The number of hydrogen-bond acceptors (Lipinski definition) is 4. The molecule has 2 atom stereocenters. The molecular weight excluding hydrogens is 212 g/mol. The van der Waals surface area contributed by atoms with Crippen molar-refractivity contribution in [2.24, 2.45) is 5.92 Å². The molecule has 1 saturated carbocycles. The van der Waals surface area contributed by atoms with Gasteiger partial charge in [-0.3, -0.25) is 0 Å². The maximum absolute atomic E-state index is 4.40. The van der Waals surface area contributed by atoms with Crippen LogP contribution in [0.4, 0.5) is 11.6 Å². The Morgan fingerprint density at radius 2 is 2.06 bits per heavy atom.